The number of nitrogens with zero attached hydrogens (tertiary/aromatic N) is 1. The van der Waals surface area contributed by atoms with Crippen molar-refractivity contribution >= 4 is 17.1 Å². The van der Waals surface area contributed by atoms with Crippen molar-refractivity contribution < 1.29 is 9.47 Å². The Morgan fingerprint density at radius 2 is 0.902 bits per heavy atom. The molecule has 1 heterocycles. The van der Waals surface area contributed by atoms with Crippen molar-refractivity contribution in [3.8, 4) is 67.5 Å². The third kappa shape index (κ3) is 4.53. The van der Waals surface area contributed by atoms with E-state index in [2.05, 4.69) is 213 Å². The second-order valence-corrected chi connectivity index (χ2v) is 17.1. The van der Waals surface area contributed by atoms with Gasteiger partial charge in [-0.25, -0.2) is 0 Å². The lowest BCUT2D eigenvalue weighted by Gasteiger charge is -2.33. The van der Waals surface area contributed by atoms with Gasteiger partial charge in [0.25, 0.3) is 0 Å². The summed E-state index contributed by atoms with van der Waals surface area (Å²) in [4.78, 5) is 2.37. The molecule has 0 aromatic heterocycles. The summed E-state index contributed by atoms with van der Waals surface area (Å²) < 4.78 is 14.5. The van der Waals surface area contributed by atoms with Crippen molar-refractivity contribution in [3.05, 3.63) is 234 Å². The summed E-state index contributed by atoms with van der Waals surface area (Å²) in [6.07, 6.45) is 0. The summed E-state index contributed by atoms with van der Waals surface area (Å²) in [5, 5.41) is 0. The van der Waals surface area contributed by atoms with Crippen molar-refractivity contribution in [1.82, 2.24) is 0 Å². The highest BCUT2D eigenvalue weighted by Gasteiger charge is 2.53. The lowest BCUT2D eigenvalue weighted by atomic mass is 9.70. The van der Waals surface area contributed by atoms with E-state index in [-0.39, 0.29) is 5.41 Å². The van der Waals surface area contributed by atoms with E-state index < -0.39 is 5.41 Å². The zero-order valence-corrected chi connectivity index (χ0v) is 33.8. The van der Waals surface area contributed by atoms with Gasteiger partial charge in [0.15, 0.2) is 23.0 Å². The quantitative estimate of drug-likeness (QED) is 0.177. The van der Waals surface area contributed by atoms with Gasteiger partial charge in [-0.3, -0.25) is 0 Å². The van der Waals surface area contributed by atoms with E-state index in [1.54, 1.807) is 0 Å². The molecule has 3 nitrogen and oxygen atoms in total. The molecular weight excluding hydrogens is 743 g/mol. The van der Waals surface area contributed by atoms with E-state index in [0.29, 0.717) is 17.2 Å². The predicted octanol–water partition coefficient (Wildman–Crippen LogP) is 15.4. The van der Waals surface area contributed by atoms with Crippen LogP contribution in [0.4, 0.5) is 17.1 Å². The van der Waals surface area contributed by atoms with Crippen LogP contribution in [0.1, 0.15) is 47.2 Å². The van der Waals surface area contributed by atoms with Crippen molar-refractivity contribution in [1.29, 1.82) is 0 Å². The fraction of sp³-hybridized carbons (Fsp3) is 0.0690. The smallest absolute Gasteiger partial charge is 0.194 e. The van der Waals surface area contributed by atoms with Crippen molar-refractivity contribution in [3.63, 3.8) is 0 Å². The van der Waals surface area contributed by atoms with E-state index in [9.17, 15) is 0 Å². The lowest BCUT2D eigenvalue weighted by molar-refractivity contribution is 0.361. The summed E-state index contributed by atoms with van der Waals surface area (Å²) in [5.74, 6) is 2.81. The van der Waals surface area contributed by atoms with Crippen LogP contribution in [-0.2, 0) is 10.8 Å². The van der Waals surface area contributed by atoms with Gasteiger partial charge in [0.05, 0.1) is 16.8 Å². The van der Waals surface area contributed by atoms with Gasteiger partial charge in [-0.1, -0.05) is 178 Å². The maximum atomic E-state index is 7.47. The Labute approximate surface area is 355 Å². The van der Waals surface area contributed by atoms with Crippen molar-refractivity contribution in [2.45, 2.75) is 24.7 Å². The molecule has 1 spiro atoms. The van der Waals surface area contributed by atoms with E-state index in [4.69, 9.17) is 9.47 Å². The predicted molar refractivity (Wildman–Crippen MR) is 247 cm³/mol. The molecule has 0 amide bonds. The Hall–Kier alpha value is -7.62. The summed E-state index contributed by atoms with van der Waals surface area (Å²) in [6.45, 7) is 4.68. The number of para-hydroxylation sites is 2. The molecule has 3 aliphatic carbocycles. The average Bonchev–Trinajstić information content (AvgIpc) is 3.88. The van der Waals surface area contributed by atoms with Crippen molar-refractivity contribution in [2.75, 3.05) is 4.90 Å². The number of fused-ring (bicyclic) bond motifs is 16. The standard InChI is InChI=1S/C58H39NO2/c1-57(2)44-24-11-6-20-39(44)42-32-31-37(35-49(42)57)59(50-28-15-10-19-38(50)36-17-4-3-5-18-36)51-29-16-30-52-55(51)61-56-53(60-52)34-33-48-54(56)43-23-9-14-27-47(43)58(48)45-25-12-7-21-40(45)41-22-8-13-26-46(41)58/h3-35H,1-2H3. The summed E-state index contributed by atoms with van der Waals surface area (Å²) in [7, 11) is 0. The molecule has 0 radical (unpaired) electrons. The summed E-state index contributed by atoms with van der Waals surface area (Å²) in [6, 6.07) is 72.5. The maximum Gasteiger partial charge on any atom is 0.194 e. The molecule has 0 N–H and O–H groups in total. The van der Waals surface area contributed by atoms with Crippen LogP contribution in [0.2, 0.25) is 0 Å². The van der Waals surface area contributed by atoms with Gasteiger partial charge >= 0.3 is 0 Å². The van der Waals surface area contributed by atoms with Crippen LogP contribution >= 0.6 is 0 Å². The SMILES string of the molecule is CC1(C)c2ccccc2-c2ccc(N(c3ccccc3-c3ccccc3)c3cccc4c3Oc3c(ccc5c3-c3ccccc3C53c5ccccc5-c5ccccc53)O4)cc21. The fourth-order valence-corrected chi connectivity index (χ4v) is 11.2. The molecule has 0 fully saturated rings. The molecule has 288 valence electrons. The summed E-state index contributed by atoms with van der Waals surface area (Å²) in [5.41, 5.74) is 19.7. The van der Waals surface area contributed by atoms with Gasteiger partial charge in [0.2, 0.25) is 0 Å². The number of hydrogen-bond donors (Lipinski definition) is 0. The first-order valence-electron chi connectivity index (χ1n) is 21.2. The molecule has 9 aromatic carbocycles. The summed E-state index contributed by atoms with van der Waals surface area (Å²) >= 11 is 0. The number of ether oxygens (including phenoxy) is 2. The minimum atomic E-state index is -0.493. The molecular formula is C58H39NO2. The van der Waals surface area contributed by atoms with Crippen LogP contribution in [0.3, 0.4) is 0 Å². The Bertz CT molecular complexity index is 3260. The highest BCUT2D eigenvalue weighted by atomic mass is 16.6. The highest BCUT2D eigenvalue weighted by molar-refractivity contribution is 5.99. The second kappa shape index (κ2) is 12.5. The molecule has 61 heavy (non-hydrogen) atoms. The number of rotatable bonds is 4. The molecule has 0 unspecified atom stereocenters. The first-order valence-corrected chi connectivity index (χ1v) is 21.2. The van der Waals surface area contributed by atoms with Gasteiger partial charge in [-0.05, 0) is 103 Å². The monoisotopic (exact) mass is 781 g/mol. The number of hydrogen-bond acceptors (Lipinski definition) is 3. The molecule has 13 rings (SSSR count). The first-order chi connectivity index (χ1) is 30.0. The lowest BCUT2D eigenvalue weighted by Crippen LogP contribution is -2.25. The topological polar surface area (TPSA) is 21.7 Å². The number of benzene rings is 9. The van der Waals surface area contributed by atoms with Crippen LogP contribution in [0.15, 0.2) is 200 Å². The van der Waals surface area contributed by atoms with Crippen LogP contribution in [0.25, 0.3) is 44.5 Å². The van der Waals surface area contributed by atoms with E-state index in [1.165, 1.54) is 55.6 Å². The largest absolute Gasteiger partial charge is 0.449 e. The maximum absolute atomic E-state index is 7.47. The van der Waals surface area contributed by atoms with Crippen molar-refractivity contribution in [2.24, 2.45) is 0 Å². The molecule has 9 aromatic rings. The van der Waals surface area contributed by atoms with Gasteiger partial charge in [0, 0.05) is 22.2 Å². The van der Waals surface area contributed by atoms with Gasteiger partial charge in [-0.15, -0.1) is 0 Å². The molecule has 1 aliphatic heterocycles. The number of anilines is 3. The molecule has 4 aliphatic rings. The first kappa shape index (κ1) is 34.3. The molecule has 0 atom stereocenters. The Kier molecular flexibility index (Phi) is 6.99. The zero-order valence-electron chi connectivity index (χ0n) is 33.8. The second-order valence-electron chi connectivity index (χ2n) is 17.1. The van der Waals surface area contributed by atoms with E-state index >= 15 is 0 Å². The van der Waals surface area contributed by atoms with Crippen LogP contribution < -0.4 is 14.4 Å². The van der Waals surface area contributed by atoms with Crippen LogP contribution in [0.5, 0.6) is 23.0 Å². The molecule has 3 heteroatoms. The third-order valence-electron chi connectivity index (χ3n) is 13.8. The fourth-order valence-electron chi connectivity index (χ4n) is 11.2. The third-order valence-corrected chi connectivity index (χ3v) is 13.8. The average molecular weight is 782 g/mol. The van der Waals surface area contributed by atoms with Crippen LogP contribution in [-0.4, -0.2) is 0 Å². The van der Waals surface area contributed by atoms with Gasteiger partial charge < -0.3 is 14.4 Å². The molecule has 0 bridgehead atoms. The minimum Gasteiger partial charge on any atom is -0.449 e. The normalized spacial score (nSPS) is 14.6. The van der Waals surface area contributed by atoms with E-state index in [0.717, 1.165) is 45.1 Å². The minimum absolute atomic E-state index is 0.178. The molecule has 0 saturated carbocycles. The van der Waals surface area contributed by atoms with E-state index in [1.807, 2.05) is 6.07 Å². The van der Waals surface area contributed by atoms with Crippen LogP contribution in [0, 0.1) is 0 Å². The highest BCUT2D eigenvalue weighted by Crippen LogP contribution is 2.67. The van der Waals surface area contributed by atoms with Gasteiger partial charge in [-0.2, -0.15) is 0 Å². The Morgan fingerprint density at radius 1 is 0.361 bits per heavy atom. The Morgan fingerprint density at radius 3 is 1.62 bits per heavy atom. The molecule has 0 saturated heterocycles. The Balaban J connectivity index is 1.04. The zero-order chi connectivity index (χ0) is 40.5. The van der Waals surface area contributed by atoms with Gasteiger partial charge in [0.1, 0.15) is 0 Å².